The highest BCUT2D eigenvalue weighted by Gasteiger charge is 2.38. The van der Waals surface area contributed by atoms with E-state index >= 15 is 0 Å². The fourth-order valence-electron chi connectivity index (χ4n) is 2.51. The topological polar surface area (TPSA) is 105 Å². The number of anilines is 1. The number of carbonyl (C=O) groups is 2. The van der Waals surface area contributed by atoms with E-state index in [9.17, 15) is 27.9 Å². The Kier molecular flexibility index (Phi) is 5.29. The lowest BCUT2D eigenvalue weighted by atomic mass is 10.1. The number of carbonyl (C=O) groups excluding carboxylic acids is 1. The zero-order chi connectivity index (χ0) is 21.3. The maximum absolute atomic E-state index is 12.6. The monoisotopic (exact) mass is 425 g/mol. The van der Waals surface area contributed by atoms with Crippen molar-refractivity contribution in [3.63, 3.8) is 0 Å². The molecule has 11 heteroatoms. The fraction of sp³-hybridized carbons (Fsp3) is 0.111. The number of aromatic carboxylic acids is 1. The smallest absolute Gasteiger partial charge is 0.470 e. The number of benzene rings is 2. The highest BCUT2D eigenvalue weighted by Crippen LogP contribution is 2.31. The standard InChI is InChI=1S/C18H11ClF3N3O4/c1-8-7-9(15-24-25-17(29-15)18(20,21)22)5-6-12(8)23-14(26)10-3-2-4-11(19)13(10)16(27)28/h2-7H,1H3,(H,23,26)(H,27,28). The number of amides is 1. The second kappa shape index (κ2) is 7.55. The van der Waals surface area contributed by atoms with Crippen LogP contribution in [0, 0.1) is 6.92 Å². The summed E-state index contributed by atoms with van der Waals surface area (Å²) < 4.78 is 42.4. The molecule has 1 amide bonds. The molecule has 150 valence electrons. The van der Waals surface area contributed by atoms with E-state index in [-0.39, 0.29) is 27.6 Å². The van der Waals surface area contributed by atoms with Crippen LogP contribution >= 0.6 is 11.6 Å². The molecule has 29 heavy (non-hydrogen) atoms. The van der Waals surface area contributed by atoms with Crippen molar-refractivity contribution >= 4 is 29.2 Å². The van der Waals surface area contributed by atoms with Gasteiger partial charge in [0.05, 0.1) is 16.1 Å². The number of carboxylic acids is 1. The van der Waals surface area contributed by atoms with Gasteiger partial charge in [0.15, 0.2) is 0 Å². The first-order valence-corrected chi connectivity index (χ1v) is 8.30. The van der Waals surface area contributed by atoms with Crippen molar-refractivity contribution in [2.24, 2.45) is 0 Å². The van der Waals surface area contributed by atoms with Gasteiger partial charge >= 0.3 is 18.0 Å². The molecule has 3 aromatic rings. The number of hydrogen-bond acceptors (Lipinski definition) is 5. The Morgan fingerprint density at radius 3 is 2.48 bits per heavy atom. The molecule has 0 unspecified atom stereocenters. The number of aromatic nitrogens is 2. The van der Waals surface area contributed by atoms with Gasteiger partial charge in [-0.2, -0.15) is 13.2 Å². The molecule has 3 rings (SSSR count). The summed E-state index contributed by atoms with van der Waals surface area (Å²) in [6, 6.07) is 8.34. The normalized spacial score (nSPS) is 11.3. The van der Waals surface area contributed by atoms with Gasteiger partial charge in [0.25, 0.3) is 5.91 Å². The van der Waals surface area contributed by atoms with Crippen LogP contribution in [0.5, 0.6) is 0 Å². The minimum absolute atomic E-state index is 0.0888. The van der Waals surface area contributed by atoms with E-state index in [0.29, 0.717) is 11.3 Å². The molecule has 2 N–H and O–H groups in total. The van der Waals surface area contributed by atoms with Gasteiger partial charge < -0.3 is 14.8 Å². The van der Waals surface area contributed by atoms with Crippen molar-refractivity contribution in [1.82, 2.24) is 10.2 Å². The van der Waals surface area contributed by atoms with Crippen LogP contribution in [0.15, 0.2) is 40.8 Å². The van der Waals surface area contributed by atoms with E-state index in [1.54, 1.807) is 6.92 Å². The molecule has 0 atom stereocenters. The minimum atomic E-state index is -4.76. The molecular formula is C18H11ClF3N3O4. The minimum Gasteiger partial charge on any atom is -0.478 e. The summed E-state index contributed by atoms with van der Waals surface area (Å²) in [6.07, 6.45) is -4.76. The molecule has 0 aliphatic rings. The predicted octanol–water partition coefficient (Wildman–Crippen LogP) is 4.67. The molecule has 0 aliphatic heterocycles. The summed E-state index contributed by atoms with van der Waals surface area (Å²) in [5, 5.41) is 18.1. The van der Waals surface area contributed by atoms with Crippen molar-refractivity contribution in [3.05, 3.63) is 64.0 Å². The summed E-state index contributed by atoms with van der Waals surface area (Å²) in [5.41, 5.74) is 0.524. The number of hydrogen-bond donors (Lipinski definition) is 2. The molecule has 0 saturated carbocycles. The van der Waals surface area contributed by atoms with E-state index in [4.69, 9.17) is 11.6 Å². The van der Waals surface area contributed by atoms with Gasteiger partial charge in [-0.05, 0) is 42.8 Å². The van der Waals surface area contributed by atoms with E-state index in [1.165, 1.54) is 36.4 Å². The van der Waals surface area contributed by atoms with Gasteiger partial charge in [-0.3, -0.25) is 4.79 Å². The first-order chi connectivity index (χ1) is 13.6. The van der Waals surface area contributed by atoms with Gasteiger partial charge in [-0.25, -0.2) is 4.79 Å². The Morgan fingerprint density at radius 1 is 1.17 bits per heavy atom. The van der Waals surface area contributed by atoms with Crippen LogP contribution in [-0.2, 0) is 6.18 Å². The van der Waals surface area contributed by atoms with Gasteiger partial charge in [0, 0.05) is 11.3 Å². The average Bonchev–Trinajstić information content (AvgIpc) is 3.13. The lowest BCUT2D eigenvalue weighted by molar-refractivity contribution is -0.156. The summed E-state index contributed by atoms with van der Waals surface area (Å²) in [4.78, 5) is 23.9. The third-order valence-corrected chi connectivity index (χ3v) is 4.18. The number of alkyl halides is 3. The van der Waals surface area contributed by atoms with Gasteiger partial charge in [-0.15, -0.1) is 10.2 Å². The van der Waals surface area contributed by atoms with Crippen LogP contribution in [0.1, 0.15) is 32.2 Å². The quantitative estimate of drug-likeness (QED) is 0.629. The molecule has 0 bridgehead atoms. The first-order valence-electron chi connectivity index (χ1n) is 7.93. The van der Waals surface area contributed by atoms with Crippen LogP contribution in [-0.4, -0.2) is 27.2 Å². The third-order valence-electron chi connectivity index (χ3n) is 3.86. The number of carboxylic acid groups (broad SMARTS) is 1. The van der Waals surface area contributed by atoms with Crippen molar-refractivity contribution in [1.29, 1.82) is 0 Å². The second-order valence-electron chi connectivity index (χ2n) is 5.86. The van der Waals surface area contributed by atoms with Crippen LogP contribution < -0.4 is 5.32 Å². The second-order valence-corrected chi connectivity index (χ2v) is 6.27. The SMILES string of the molecule is Cc1cc(-c2nnc(C(F)(F)F)o2)ccc1NC(=O)c1cccc(Cl)c1C(=O)O. The third kappa shape index (κ3) is 4.21. The molecular weight excluding hydrogens is 415 g/mol. The molecule has 7 nitrogen and oxygen atoms in total. The number of nitrogens with one attached hydrogen (secondary N) is 1. The first kappa shape index (κ1) is 20.3. The van der Waals surface area contributed by atoms with Crippen molar-refractivity contribution < 1.29 is 32.3 Å². The molecule has 0 radical (unpaired) electrons. The largest absolute Gasteiger partial charge is 0.478 e. The van der Waals surface area contributed by atoms with Crippen LogP contribution in [0.3, 0.4) is 0 Å². The number of rotatable bonds is 4. The Morgan fingerprint density at radius 2 is 1.90 bits per heavy atom. The zero-order valence-electron chi connectivity index (χ0n) is 14.5. The molecule has 0 saturated heterocycles. The molecule has 1 aromatic heterocycles. The van der Waals surface area contributed by atoms with E-state index in [0.717, 1.165) is 0 Å². The zero-order valence-corrected chi connectivity index (χ0v) is 15.3. The maximum Gasteiger partial charge on any atom is 0.470 e. The van der Waals surface area contributed by atoms with Gasteiger partial charge in [0.1, 0.15) is 0 Å². The number of halogens is 4. The Labute approximate surface area is 166 Å². The van der Waals surface area contributed by atoms with E-state index in [2.05, 4.69) is 19.9 Å². The van der Waals surface area contributed by atoms with Gasteiger partial charge in [0.2, 0.25) is 5.89 Å². The molecule has 0 spiro atoms. The summed E-state index contributed by atoms with van der Waals surface area (Å²) >= 11 is 5.86. The number of aryl methyl sites for hydroxylation is 1. The molecule has 2 aromatic carbocycles. The summed E-state index contributed by atoms with van der Waals surface area (Å²) in [7, 11) is 0. The van der Waals surface area contributed by atoms with Crippen molar-refractivity contribution in [2.45, 2.75) is 13.1 Å². The average molecular weight is 426 g/mol. The number of nitrogens with zero attached hydrogens (tertiary/aromatic N) is 2. The van der Waals surface area contributed by atoms with Gasteiger partial charge in [-0.1, -0.05) is 17.7 Å². The molecule has 0 aliphatic carbocycles. The van der Waals surface area contributed by atoms with E-state index < -0.39 is 23.9 Å². The lowest BCUT2D eigenvalue weighted by Crippen LogP contribution is -2.17. The van der Waals surface area contributed by atoms with E-state index in [1.807, 2.05) is 0 Å². The van der Waals surface area contributed by atoms with Crippen LogP contribution in [0.25, 0.3) is 11.5 Å². The van der Waals surface area contributed by atoms with Crippen molar-refractivity contribution in [3.8, 4) is 11.5 Å². The summed E-state index contributed by atoms with van der Waals surface area (Å²) in [6.45, 7) is 1.59. The molecule has 0 fully saturated rings. The fourth-order valence-corrected chi connectivity index (χ4v) is 2.77. The maximum atomic E-state index is 12.6. The lowest BCUT2D eigenvalue weighted by Gasteiger charge is -2.11. The van der Waals surface area contributed by atoms with Crippen molar-refractivity contribution in [2.75, 3.05) is 5.32 Å². The Bertz CT molecular complexity index is 1110. The highest BCUT2D eigenvalue weighted by molar-refractivity contribution is 6.34. The van der Waals surface area contributed by atoms with Crippen LogP contribution in [0.2, 0.25) is 5.02 Å². The Hall–Kier alpha value is -3.40. The Balaban J connectivity index is 1.87. The highest BCUT2D eigenvalue weighted by atomic mass is 35.5. The molecule has 1 heterocycles. The summed E-state index contributed by atoms with van der Waals surface area (Å²) in [5.74, 6) is -3.87. The van der Waals surface area contributed by atoms with Crippen LogP contribution in [0.4, 0.5) is 18.9 Å². The predicted molar refractivity (Wildman–Crippen MR) is 95.8 cm³/mol.